The first-order valence-corrected chi connectivity index (χ1v) is 14.3. The molecule has 35 heavy (non-hydrogen) atoms. The molecule has 5 aliphatic carbocycles. The van der Waals surface area contributed by atoms with Crippen molar-refractivity contribution in [1.82, 2.24) is 10.2 Å². The summed E-state index contributed by atoms with van der Waals surface area (Å²) < 4.78 is 5.40. The van der Waals surface area contributed by atoms with E-state index in [2.05, 4.69) is 5.32 Å². The number of carbonyl (C=O) groups is 3. The molecule has 1 N–H and O–H groups in total. The predicted molar refractivity (Wildman–Crippen MR) is 136 cm³/mol. The summed E-state index contributed by atoms with van der Waals surface area (Å²) in [4.78, 5) is 40.8. The quantitative estimate of drug-likeness (QED) is 0.411. The zero-order valence-electron chi connectivity index (χ0n) is 20.8. The average molecular weight is 499 g/mol. The molecule has 6 nitrogen and oxygen atoms in total. The highest BCUT2D eigenvalue weighted by Crippen LogP contribution is 2.55. The number of amides is 2. The van der Waals surface area contributed by atoms with Crippen molar-refractivity contribution in [3.05, 3.63) is 29.8 Å². The molecule has 5 saturated carbocycles. The lowest BCUT2D eigenvalue weighted by atomic mass is 9.53. The second-order valence-corrected chi connectivity index (χ2v) is 12.4. The number of hydrogen-bond donors (Lipinski definition) is 1. The van der Waals surface area contributed by atoms with Gasteiger partial charge in [0, 0.05) is 23.5 Å². The Morgan fingerprint density at radius 2 is 1.63 bits per heavy atom. The monoisotopic (exact) mass is 498 g/mol. The Labute approximate surface area is 212 Å². The number of nitrogens with zero attached hydrogens (tertiary/aromatic N) is 1. The lowest BCUT2D eigenvalue weighted by molar-refractivity contribution is -0.135. The minimum absolute atomic E-state index is 0.00440. The van der Waals surface area contributed by atoms with Crippen LogP contribution < -0.4 is 5.32 Å². The Balaban J connectivity index is 1.13. The number of esters is 1. The third-order valence-electron chi connectivity index (χ3n) is 8.75. The standard InChI is InChI=1S/C28H38N2O4S/c1-30(22-7-3-2-4-8-22)26(32)17-34-27(33)23-9-5-6-10-24(23)35-18-25(31)29-28-14-19-11-20(15-28)13-21(12-19)16-28/h5-6,9-10,19-22H,2-4,7-8,11-18H2,1H3,(H,29,31). The fourth-order valence-corrected chi connectivity index (χ4v) is 8.32. The molecule has 190 valence electrons. The van der Waals surface area contributed by atoms with E-state index in [4.69, 9.17) is 4.74 Å². The smallest absolute Gasteiger partial charge is 0.339 e. The molecule has 1 aromatic carbocycles. The van der Waals surface area contributed by atoms with Gasteiger partial charge in [-0.3, -0.25) is 9.59 Å². The fraction of sp³-hybridized carbons (Fsp3) is 0.679. The summed E-state index contributed by atoms with van der Waals surface area (Å²) in [6, 6.07) is 7.43. The summed E-state index contributed by atoms with van der Waals surface area (Å²) >= 11 is 1.37. The first kappa shape index (κ1) is 24.7. The van der Waals surface area contributed by atoms with Gasteiger partial charge < -0.3 is 15.0 Å². The number of rotatable bonds is 8. The summed E-state index contributed by atoms with van der Waals surface area (Å²) in [6.45, 7) is -0.253. The molecule has 0 radical (unpaired) electrons. The number of thioether (sulfide) groups is 1. The van der Waals surface area contributed by atoms with E-state index in [0.717, 1.165) is 62.7 Å². The average Bonchev–Trinajstić information content (AvgIpc) is 2.85. The number of ether oxygens (including phenoxy) is 1. The van der Waals surface area contributed by atoms with Crippen LogP contribution in [-0.4, -0.2) is 53.7 Å². The summed E-state index contributed by atoms with van der Waals surface area (Å²) in [5, 5.41) is 3.40. The normalized spacial score (nSPS) is 29.6. The highest BCUT2D eigenvalue weighted by molar-refractivity contribution is 8.00. The van der Waals surface area contributed by atoms with Crippen molar-refractivity contribution in [3.63, 3.8) is 0 Å². The maximum Gasteiger partial charge on any atom is 0.339 e. The van der Waals surface area contributed by atoms with E-state index in [1.165, 1.54) is 37.4 Å². The molecule has 0 saturated heterocycles. The third-order valence-corrected chi connectivity index (χ3v) is 9.82. The van der Waals surface area contributed by atoms with Crippen LogP contribution in [0.5, 0.6) is 0 Å². The van der Waals surface area contributed by atoms with Crippen LogP contribution in [-0.2, 0) is 14.3 Å². The van der Waals surface area contributed by atoms with Crippen LogP contribution in [0.4, 0.5) is 0 Å². The molecule has 7 heteroatoms. The van der Waals surface area contributed by atoms with Gasteiger partial charge in [-0.05, 0) is 81.3 Å². The maximum atomic E-state index is 12.9. The first-order chi connectivity index (χ1) is 16.9. The van der Waals surface area contributed by atoms with Crippen LogP contribution in [0, 0.1) is 17.8 Å². The Bertz CT molecular complexity index is 923. The molecule has 0 atom stereocenters. The van der Waals surface area contributed by atoms with Crippen molar-refractivity contribution in [2.45, 2.75) is 87.1 Å². The molecule has 2 amide bonds. The van der Waals surface area contributed by atoms with Crippen LogP contribution >= 0.6 is 11.8 Å². The molecule has 0 heterocycles. The maximum absolute atomic E-state index is 12.9. The SMILES string of the molecule is CN(C(=O)COC(=O)c1ccccc1SCC(=O)NC12CC3CC(CC(C3)C1)C2)C1CCCCC1. The van der Waals surface area contributed by atoms with E-state index >= 15 is 0 Å². The number of nitrogens with one attached hydrogen (secondary N) is 1. The van der Waals surface area contributed by atoms with Crippen LogP contribution in [0.2, 0.25) is 0 Å². The second-order valence-electron chi connectivity index (χ2n) is 11.4. The molecule has 1 aromatic rings. The van der Waals surface area contributed by atoms with Gasteiger partial charge in [-0.1, -0.05) is 31.4 Å². The Morgan fingerprint density at radius 1 is 1.00 bits per heavy atom. The largest absolute Gasteiger partial charge is 0.452 e. The van der Waals surface area contributed by atoms with Crippen LogP contribution in [0.1, 0.15) is 81.0 Å². The Kier molecular flexibility index (Phi) is 7.42. The zero-order valence-corrected chi connectivity index (χ0v) is 21.6. The zero-order chi connectivity index (χ0) is 24.4. The van der Waals surface area contributed by atoms with Crippen LogP contribution in [0.15, 0.2) is 29.2 Å². The molecule has 5 fully saturated rings. The number of carbonyl (C=O) groups excluding carboxylic acids is 3. The lowest BCUT2D eigenvalue weighted by Crippen LogP contribution is -2.60. The number of benzene rings is 1. The molecule has 0 spiro atoms. The van der Waals surface area contributed by atoms with Gasteiger partial charge in [0.15, 0.2) is 6.61 Å². The van der Waals surface area contributed by atoms with Crippen molar-refractivity contribution in [2.24, 2.45) is 17.8 Å². The Hall–Kier alpha value is -2.02. The molecular weight excluding hydrogens is 460 g/mol. The van der Waals surface area contributed by atoms with E-state index in [1.54, 1.807) is 24.1 Å². The van der Waals surface area contributed by atoms with Gasteiger partial charge in [0.1, 0.15) is 0 Å². The molecular formula is C28H38N2O4S. The van der Waals surface area contributed by atoms with Crippen LogP contribution in [0.3, 0.4) is 0 Å². The van der Waals surface area contributed by atoms with E-state index in [1.807, 2.05) is 12.1 Å². The van der Waals surface area contributed by atoms with Gasteiger partial charge in [0.25, 0.3) is 5.91 Å². The van der Waals surface area contributed by atoms with Gasteiger partial charge >= 0.3 is 5.97 Å². The van der Waals surface area contributed by atoms with Gasteiger partial charge in [0.2, 0.25) is 5.91 Å². The van der Waals surface area contributed by atoms with Gasteiger partial charge in [0.05, 0.1) is 11.3 Å². The fourth-order valence-electron chi connectivity index (χ4n) is 7.48. The molecule has 0 unspecified atom stereocenters. The summed E-state index contributed by atoms with van der Waals surface area (Å²) in [7, 11) is 1.80. The first-order valence-electron chi connectivity index (χ1n) is 13.4. The van der Waals surface area contributed by atoms with Gasteiger partial charge in [-0.2, -0.15) is 0 Å². The minimum Gasteiger partial charge on any atom is -0.452 e. The van der Waals surface area contributed by atoms with E-state index in [-0.39, 0.29) is 35.8 Å². The highest BCUT2D eigenvalue weighted by atomic mass is 32.2. The summed E-state index contributed by atoms with van der Waals surface area (Å²) in [5.41, 5.74) is 0.406. The highest BCUT2D eigenvalue weighted by Gasteiger charge is 2.51. The summed E-state index contributed by atoms with van der Waals surface area (Å²) in [6.07, 6.45) is 13.0. The predicted octanol–water partition coefficient (Wildman–Crippen LogP) is 4.81. The third kappa shape index (κ3) is 5.71. The second kappa shape index (κ2) is 10.5. The van der Waals surface area contributed by atoms with Crippen molar-refractivity contribution in [2.75, 3.05) is 19.4 Å². The van der Waals surface area contributed by atoms with Crippen LogP contribution in [0.25, 0.3) is 0 Å². The van der Waals surface area contributed by atoms with Gasteiger partial charge in [-0.15, -0.1) is 11.8 Å². The minimum atomic E-state index is -0.514. The van der Waals surface area contributed by atoms with Crippen molar-refractivity contribution in [3.8, 4) is 0 Å². The number of hydrogen-bond acceptors (Lipinski definition) is 5. The van der Waals surface area contributed by atoms with E-state index < -0.39 is 5.97 Å². The van der Waals surface area contributed by atoms with Gasteiger partial charge in [-0.25, -0.2) is 4.79 Å². The van der Waals surface area contributed by atoms with Crippen molar-refractivity contribution >= 4 is 29.5 Å². The molecule has 5 aliphatic rings. The Morgan fingerprint density at radius 3 is 2.29 bits per heavy atom. The van der Waals surface area contributed by atoms with E-state index in [9.17, 15) is 14.4 Å². The topological polar surface area (TPSA) is 75.7 Å². The molecule has 6 rings (SSSR count). The lowest BCUT2D eigenvalue weighted by Gasteiger charge is -2.56. The van der Waals surface area contributed by atoms with Crippen molar-refractivity contribution in [1.29, 1.82) is 0 Å². The molecule has 0 aromatic heterocycles. The number of likely N-dealkylation sites (N-methyl/N-ethyl adjacent to an activating group) is 1. The summed E-state index contributed by atoms with van der Waals surface area (Å²) in [5.74, 6) is 1.99. The molecule has 0 aliphatic heterocycles. The van der Waals surface area contributed by atoms with E-state index in [0.29, 0.717) is 10.5 Å². The molecule has 4 bridgehead atoms. The van der Waals surface area contributed by atoms with Crippen molar-refractivity contribution < 1.29 is 19.1 Å².